The number of carboxylic acid groups (broad SMARTS) is 1. The maximum atomic E-state index is 12.4. The zero-order valence-corrected chi connectivity index (χ0v) is 12.5. The molecule has 0 radical (unpaired) electrons. The molecular formula is C15H20N2O5. The van der Waals surface area contributed by atoms with E-state index in [1.54, 1.807) is 12.1 Å². The molecule has 7 heteroatoms. The summed E-state index contributed by atoms with van der Waals surface area (Å²) in [5.41, 5.74) is 0.363. The van der Waals surface area contributed by atoms with Crippen LogP contribution in [0.2, 0.25) is 0 Å². The Hall–Kier alpha value is -2.15. The lowest BCUT2D eigenvalue weighted by Gasteiger charge is -2.26. The fourth-order valence-corrected chi connectivity index (χ4v) is 2.07. The Balaban J connectivity index is 2.07. The van der Waals surface area contributed by atoms with Crippen molar-refractivity contribution in [3.63, 3.8) is 0 Å². The van der Waals surface area contributed by atoms with Crippen LogP contribution in [0.4, 0.5) is 0 Å². The topological polar surface area (TPSA) is 89.0 Å². The van der Waals surface area contributed by atoms with E-state index in [4.69, 9.17) is 14.6 Å². The van der Waals surface area contributed by atoms with Crippen LogP contribution in [0.3, 0.4) is 0 Å². The van der Waals surface area contributed by atoms with Gasteiger partial charge in [0, 0.05) is 31.5 Å². The zero-order chi connectivity index (χ0) is 15.9. The molecule has 1 aromatic heterocycles. The van der Waals surface area contributed by atoms with Crippen LogP contribution < -0.4 is 4.74 Å². The van der Waals surface area contributed by atoms with E-state index < -0.39 is 5.97 Å². The predicted molar refractivity (Wildman–Crippen MR) is 77.9 cm³/mol. The molecule has 1 amide bonds. The van der Waals surface area contributed by atoms with Gasteiger partial charge in [-0.2, -0.15) is 0 Å². The molecule has 2 rings (SSSR count). The lowest BCUT2D eigenvalue weighted by molar-refractivity contribution is -0.137. The summed E-state index contributed by atoms with van der Waals surface area (Å²) in [5, 5.41) is 8.92. The molecule has 0 aromatic carbocycles. The molecular weight excluding hydrogens is 288 g/mol. The number of pyridine rings is 1. The van der Waals surface area contributed by atoms with E-state index in [0.717, 1.165) is 19.3 Å². The lowest BCUT2D eigenvalue weighted by Crippen LogP contribution is -2.38. The molecule has 22 heavy (non-hydrogen) atoms. The van der Waals surface area contributed by atoms with Crippen LogP contribution in [0.5, 0.6) is 5.88 Å². The fourth-order valence-electron chi connectivity index (χ4n) is 2.07. The van der Waals surface area contributed by atoms with Gasteiger partial charge >= 0.3 is 5.97 Å². The highest BCUT2D eigenvalue weighted by molar-refractivity contribution is 5.96. The molecule has 0 unspecified atom stereocenters. The molecule has 0 aliphatic heterocycles. The van der Waals surface area contributed by atoms with Gasteiger partial charge < -0.3 is 19.5 Å². The number of methoxy groups -OCH3 is 1. The third-order valence-electron chi connectivity index (χ3n) is 3.50. The first-order valence-electron chi connectivity index (χ1n) is 7.23. The quantitative estimate of drug-likeness (QED) is 0.776. The molecule has 1 heterocycles. The smallest absolute Gasteiger partial charge is 0.323 e. The monoisotopic (exact) mass is 308 g/mol. The molecule has 1 fully saturated rings. The van der Waals surface area contributed by atoms with Crippen LogP contribution in [-0.4, -0.2) is 59.8 Å². The molecule has 0 bridgehead atoms. The van der Waals surface area contributed by atoms with E-state index in [1.807, 2.05) is 0 Å². The van der Waals surface area contributed by atoms with Gasteiger partial charge in [-0.25, -0.2) is 4.98 Å². The summed E-state index contributed by atoms with van der Waals surface area (Å²) in [6.07, 6.45) is 4.81. The molecule has 0 saturated heterocycles. The van der Waals surface area contributed by atoms with Gasteiger partial charge in [0.1, 0.15) is 12.6 Å². The van der Waals surface area contributed by atoms with E-state index in [0.29, 0.717) is 11.4 Å². The van der Waals surface area contributed by atoms with Gasteiger partial charge in [-0.1, -0.05) is 0 Å². The van der Waals surface area contributed by atoms with Gasteiger partial charge in [-0.3, -0.25) is 9.59 Å². The van der Waals surface area contributed by atoms with Crippen LogP contribution in [0.25, 0.3) is 0 Å². The summed E-state index contributed by atoms with van der Waals surface area (Å²) in [4.78, 5) is 28.6. The Bertz CT molecular complexity index is 530. The highest BCUT2D eigenvalue weighted by atomic mass is 16.5. The third-order valence-corrected chi connectivity index (χ3v) is 3.50. The van der Waals surface area contributed by atoms with E-state index in [9.17, 15) is 9.59 Å². The van der Waals surface area contributed by atoms with Gasteiger partial charge in [0.25, 0.3) is 5.91 Å². The number of hydrogen-bond acceptors (Lipinski definition) is 5. The first-order chi connectivity index (χ1) is 10.6. The molecule has 1 saturated carbocycles. The van der Waals surface area contributed by atoms with Crippen LogP contribution >= 0.6 is 0 Å². The normalized spacial score (nSPS) is 14.2. The number of nitrogens with zero attached hydrogens (tertiary/aromatic N) is 2. The van der Waals surface area contributed by atoms with Crippen molar-refractivity contribution in [3.05, 3.63) is 23.9 Å². The van der Waals surface area contributed by atoms with Crippen LogP contribution in [0.15, 0.2) is 18.3 Å². The highest BCUT2D eigenvalue weighted by Gasteiger charge is 2.22. The molecule has 120 valence electrons. The van der Waals surface area contributed by atoms with Crippen molar-refractivity contribution in [2.24, 2.45) is 0 Å². The number of carbonyl (C=O) groups is 2. The second-order valence-electron chi connectivity index (χ2n) is 5.17. The predicted octanol–water partition coefficient (Wildman–Crippen LogP) is 1.19. The van der Waals surface area contributed by atoms with E-state index in [1.165, 1.54) is 18.2 Å². The van der Waals surface area contributed by atoms with E-state index >= 15 is 0 Å². The van der Waals surface area contributed by atoms with Crippen molar-refractivity contribution in [1.29, 1.82) is 0 Å². The number of aliphatic carboxylic acids is 1. The number of rotatable bonds is 8. The van der Waals surface area contributed by atoms with Crippen LogP contribution in [-0.2, 0) is 9.53 Å². The second kappa shape index (κ2) is 7.74. The number of carboxylic acids is 1. The summed E-state index contributed by atoms with van der Waals surface area (Å²) in [5.74, 6) is -1.04. The number of carbonyl (C=O) groups excluding carboxylic acids is 1. The number of hydrogen-bond donors (Lipinski definition) is 1. The SMILES string of the molecule is COCCN(CC(=O)O)C(=O)c1ccnc(OC2CCC2)c1. The van der Waals surface area contributed by atoms with Crippen molar-refractivity contribution in [3.8, 4) is 5.88 Å². The van der Waals surface area contributed by atoms with Crippen molar-refractivity contribution < 1.29 is 24.2 Å². The largest absolute Gasteiger partial charge is 0.480 e. The second-order valence-corrected chi connectivity index (χ2v) is 5.17. The summed E-state index contributed by atoms with van der Waals surface area (Å²) in [6.45, 7) is 0.113. The first-order valence-corrected chi connectivity index (χ1v) is 7.23. The molecule has 1 N–H and O–H groups in total. The average molecular weight is 308 g/mol. The minimum absolute atomic E-state index is 0.168. The highest BCUT2D eigenvalue weighted by Crippen LogP contribution is 2.24. The third kappa shape index (κ3) is 4.42. The number of amides is 1. The minimum Gasteiger partial charge on any atom is -0.480 e. The van der Waals surface area contributed by atoms with Crippen molar-refractivity contribution in [2.75, 3.05) is 26.8 Å². The minimum atomic E-state index is -1.07. The zero-order valence-electron chi connectivity index (χ0n) is 12.5. The van der Waals surface area contributed by atoms with Gasteiger partial charge in [-0.15, -0.1) is 0 Å². The van der Waals surface area contributed by atoms with Crippen molar-refractivity contribution in [2.45, 2.75) is 25.4 Å². The maximum absolute atomic E-state index is 12.4. The summed E-state index contributed by atoms with van der Waals surface area (Å²) in [7, 11) is 1.50. The summed E-state index contributed by atoms with van der Waals surface area (Å²) < 4.78 is 10.6. The van der Waals surface area contributed by atoms with Crippen LogP contribution in [0, 0.1) is 0 Å². The molecule has 7 nitrogen and oxygen atoms in total. The average Bonchev–Trinajstić information content (AvgIpc) is 2.46. The van der Waals surface area contributed by atoms with Gasteiger partial charge in [0.2, 0.25) is 5.88 Å². The Morgan fingerprint density at radius 2 is 2.23 bits per heavy atom. The Labute approximate surface area is 128 Å². The Morgan fingerprint density at radius 1 is 1.45 bits per heavy atom. The van der Waals surface area contributed by atoms with E-state index in [-0.39, 0.29) is 31.7 Å². The molecule has 1 aliphatic carbocycles. The standard InChI is InChI=1S/C15H20N2O5/c1-21-8-7-17(10-14(18)19)15(20)11-5-6-16-13(9-11)22-12-3-2-4-12/h5-6,9,12H,2-4,7-8,10H2,1H3,(H,18,19). The Morgan fingerprint density at radius 3 is 2.82 bits per heavy atom. The molecule has 0 spiro atoms. The van der Waals surface area contributed by atoms with Crippen LogP contribution in [0.1, 0.15) is 29.6 Å². The fraction of sp³-hybridized carbons (Fsp3) is 0.533. The van der Waals surface area contributed by atoms with Gasteiger partial charge in [0.15, 0.2) is 0 Å². The van der Waals surface area contributed by atoms with Gasteiger partial charge in [-0.05, 0) is 25.3 Å². The summed E-state index contributed by atoms with van der Waals surface area (Å²) >= 11 is 0. The first kappa shape index (κ1) is 16.2. The molecule has 1 aromatic rings. The number of aromatic nitrogens is 1. The Kier molecular flexibility index (Phi) is 5.71. The van der Waals surface area contributed by atoms with Crippen molar-refractivity contribution in [1.82, 2.24) is 9.88 Å². The van der Waals surface area contributed by atoms with Crippen molar-refractivity contribution >= 4 is 11.9 Å². The number of ether oxygens (including phenoxy) is 2. The molecule has 0 atom stereocenters. The lowest BCUT2D eigenvalue weighted by atomic mass is 9.96. The summed E-state index contributed by atoms with van der Waals surface area (Å²) in [6, 6.07) is 3.11. The van der Waals surface area contributed by atoms with E-state index in [2.05, 4.69) is 4.98 Å². The maximum Gasteiger partial charge on any atom is 0.323 e. The van der Waals surface area contributed by atoms with Gasteiger partial charge in [0.05, 0.1) is 6.61 Å². The molecule has 1 aliphatic rings.